The molecule has 0 unspecified atom stereocenters. The highest BCUT2D eigenvalue weighted by Crippen LogP contribution is 2.48. The number of rotatable bonds is 14. The van der Waals surface area contributed by atoms with Crippen LogP contribution in [0.15, 0.2) is 84.9 Å². The maximum Gasteiger partial charge on any atom is 0.381 e. The first kappa shape index (κ1) is 33.9. The van der Waals surface area contributed by atoms with E-state index in [1.165, 1.54) is 6.07 Å². The summed E-state index contributed by atoms with van der Waals surface area (Å²) in [4.78, 5) is 29.4. The van der Waals surface area contributed by atoms with Crippen LogP contribution in [0.3, 0.4) is 0 Å². The van der Waals surface area contributed by atoms with E-state index in [2.05, 4.69) is 15.0 Å². The highest BCUT2D eigenvalue weighted by molar-refractivity contribution is 5.99. The van der Waals surface area contributed by atoms with Crippen LogP contribution >= 0.6 is 0 Å². The van der Waals surface area contributed by atoms with Gasteiger partial charge in [-0.3, -0.25) is 9.59 Å². The van der Waals surface area contributed by atoms with E-state index < -0.39 is 55.0 Å². The number of ether oxygens (including phenoxy) is 3. The van der Waals surface area contributed by atoms with Crippen molar-refractivity contribution in [1.29, 1.82) is 0 Å². The summed E-state index contributed by atoms with van der Waals surface area (Å²) < 4.78 is 122. The van der Waals surface area contributed by atoms with Gasteiger partial charge in [0.1, 0.15) is 25.5 Å². The molecule has 4 rings (SSSR count). The Hall–Kier alpha value is -4.95. The van der Waals surface area contributed by atoms with E-state index in [0.717, 1.165) is 23.8 Å². The Labute approximate surface area is 256 Å². The number of pyridine rings is 1. The fourth-order valence-corrected chi connectivity index (χ4v) is 3.90. The molecular weight excluding hydrogens is 632 g/mol. The van der Waals surface area contributed by atoms with Crippen LogP contribution in [0.4, 0.5) is 35.1 Å². The molecule has 4 aromatic rings. The van der Waals surface area contributed by atoms with Gasteiger partial charge in [0, 0.05) is 5.39 Å². The van der Waals surface area contributed by atoms with Gasteiger partial charge in [-0.1, -0.05) is 60.7 Å². The zero-order valence-electron chi connectivity index (χ0n) is 23.5. The number of nitrogens with one attached hydrogen (secondary N) is 1. The molecule has 1 aromatic heterocycles. The van der Waals surface area contributed by atoms with Gasteiger partial charge in [0.2, 0.25) is 0 Å². The fraction of sp³-hybridized carbons (Fsp3) is 0.258. The molecular formula is C31H24F8N2O5. The molecule has 0 bridgehead atoms. The predicted molar refractivity (Wildman–Crippen MR) is 147 cm³/mol. The Morgan fingerprint density at radius 1 is 0.783 bits per heavy atom. The zero-order valence-corrected chi connectivity index (χ0v) is 23.5. The number of amides is 1. The number of benzene rings is 3. The van der Waals surface area contributed by atoms with Gasteiger partial charge in [-0.15, -0.1) is 0 Å². The lowest BCUT2D eigenvalue weighted by Crippen LogP contribution is -2.59. The van der Waals surface area contributed by atoms with Crippen molar-refractivity contribution in [3.63, 3.8) is 0 Å². The quantitative estimate of drug-likeness (QED) is 0.118. The zero-order chi connectivity index (χ0) is 33.5. The van der Waals surface area contributed by atoms with Crippen molar-refractivity contribution in [2.75, 3.05) is 13.2 Å². The van der Waals surface area contributed by atoms with Crippen LogP contribution < -0.4 is 14.8 Å². The molecule has 1 amide bonds. The lowest BCUT2D eigenvalue weighted by atomic mass is 10.1. The summed E-state index contributed by atoms with van der Waals surface area (Å²) in [5.74, 6) is -20.7. The first-order chi connectivity index (χ1) is 21.7. The average Bonchev–Trinajstić information content (AvgIpc) is 3.04. The molecule has 0 aliphatic heterocycles. The maximum atomic E-state index is 14.0. The molecule has 7 nitrogen and oxygen atoms in total. The number of halogens is 8. The second-order valence-electron chi connectivity index (χ2n) is 9.78. The minimum Gasteiger partial charge on any atom is -0.487 e. The molecule has 0 aliphatic carbocycles. The summed E-state index contributed by atoms with van der Waals surface area (Å²) in [5, 5.41) is 2.45. The number of esters is 1. The number of carbonyl (C=O) groups excluding carboxylic acids is 2. The van der Waals surface area contributed by atoms with E-state index in [1.54, 1.807) is 60.7 Å². The highest BCUT2D eigenvalue weighted by Gasteiger charge is 2.75. The summed E-state index contributed by atoms with van der Waals surface area (Å²) in [6, 6.07) is 21.8. The van der Waals surface area contributed by atoms with Crippen LogP contribution in [0.2, 0.25) is 0 Å². The molecule has 0 spiro atoms. The summed E-state index contributed by atoms with van der Waals surface area (Å²) in [6.07, 6.45) is -5.05. The number of carbonyl (C=O) groups is 2. The van der Waals surface area contributed by atoms with E-state index in [0.29, 0.717) is 5.56 Å². The topological polar surface area (TPSA) is 86.8 Å². The smallest absolute Gasteiger partial charge is 0.381 e. The monoisotopic (exact) mass is 656 g/mol. The number of nitrogens with zero attached hydrogens (tertiary/aromatic N) is 1. The minimum atomic E-state index is -6.43. The van der Waals surface area contributed by atoms with Gasteiger partial charge in [0.15, 0.2) is 18.1 Å². The normalized spacial score (nSPS) is 12.2. The Kier molecular flexibility index (Phi) is 10.3. The van der Waals surface area contributed by atoms with Gasteiger partial charge in [0.05, 0.1) is 5.52 Å². The third-order valence-electron chi connectivity index (χ3n) is 6.41. The number of hydrogen-bond donors (Lipinski definition) is 1. The van der Waals surface area contributed by atoms with Gasteiger partial charge in [-0.05, 0) is 35.4 Å². The van der Waals surface area contributed by atoms with Gasteiger partial charge in [-0.25, -0.2) is 13.8 Å². The lowest BCUT2D eigenvalue weighted by molar-refractivity contribution is -0.342. The van der Waals surface area contributed by atoms with Crippen molar-refractivity contribution in [1.82, 2.24) is 10.3 Å². The van der Waals surface area contributed by atoms with Crippen molar-refractivity contribution >= 4 is 22.8 Å². The molecule has 1 heterocycles. The summed E-state index contributed by atoms with van der Waals surface area (Å²) in [6.45, 7) is -2.99. The summed E-state index contributed by atoms with van der Waals surface area (Å²) in [5.41, 5.74) is 1.17. The predicted octanol–water partition coefficient (Wildman–Crippen LogP) is 6.84. The molecule has 1 N–H and O–H groups in total. The molecule has 0 atom stereocenters. The lowest BCUT2D eigenvalue weighted by Gasteiger charge is -2.32. The molecule has 46 heavy (non-hydrogen) atoms. The first-order valence-electron chi connectivity index (χ1n) is 13.3. The third kappa shape index (κ3) is 7.82. The molecule has 15 heteroatoms. The van der Waals surface area contributed by atoms with Crippen molar-refractivity contribution in [3.05, 3.63) is 102 Å². The number of hydrogen-bond acceptors (Lipinski definition) is 6. The van der Waals surface area contributed by atoms with Crippen molar-refractivity contribution in [2.24, 2.45) is 0 Å². The van der Waals surface area contributed by atoms with E-state index in [-0.39, 0.29) is 35.6 Å². The van der Waals surface area contributed by atoms with Crippen LogP contribution in [0.25, 0.3) is 10.9 Å². The average molecular weight is 657 g/mol. The largest absolute Gasteiger partial charge is 0.487 e. The van der Waals surface area contributed by atoms with Crippen LogP contribution in [0.5, 0.6) is 11.5 Å². The van der Waals surface area contributed by atoms with E-state index in [4.69, 9.17) is 9.47 Å². The molecule has 0 fully saturated rings. The molecule has 0 aliphatic rings. The second kappa shape index (κ2) is 14.0. The third-order valence-corrected chi connectivity index (χ3v) is 6.41. The Bertz CT molecular complexity index is 1660. The van der Waals surface area contributed by atoms with E-state index >= 15 is 0 Å². The number of aromatic nitrogens is 1. The minimum absolute atomic E-state index is 0.0299. The van der Waals surface area contributed by atoms with Gasteiger partial charge in [-0.2, -0.15) is 26.3 Å². The van der Waals surface area contributed by atoms with Crippen LogP contribution in [0, 0.1) is 0 Å². The molecule has 244 valence electrons. The summed E-state index contributed by atoms with van der Waals surface area (Å²) in [7, 11) is 0. The Morgan fingerprint density at radius 3 is 2.00 bits per heavy atom. The molecule has 0 saturated carbocycles. The Balaban J connectivity index is 1.53. The first-order valence-corrected chi connectivity index (χ1v) is 13.3. The standard InChI is InChI=1S/C31H24F8N2O5/c32-28(33)30(36,37)31(38,39)29(34,35)18-46-22-11-12-23-21(13-22)14-24(44-16-19-7-3-1-4-8-19)26(41-23)27(43)40-15-25(42)45-17-20-9-5-2-6-10-20/h1-14,28H,15-18H2,(H,40,43). The van der Waals surface area contributed by atoms with Gasteiger partial charge < -0.3 is 19.5 Å². The summed E-state index contributed by atoms with van der Waals surface area (Å²) >= 11 is 0. The van der Waals surface area contributed by atoms with Crippen LogP contribution in [-0.2, 0) is 22.7 Å². The maximum absolute atomic E-state index is 14.0. The highest BCUT2D eigenvalue weighted by atomic mass is 19.4. The molecule has 3 aromatic carbocycles. The number of fused-ring (bicyclic) bond motifs is 1. The van der Waals surface area contributed by atoms with Crippen molar-refractivity contribution in [2.45, 2.75) is 37.4 Å². The second-order valence-corrected chi connectivity index (χ2v) is 9.78. The number of alkyl halides is 8. The van der Waals surface area contributed by atoms with Crippen LogP contribution in [-0.4, -0.2) is 54.2 Å². The van der Waals surface area contributed by atoms with Crippen LogP contribution in [0.1, 0.15) is 21.6 Å². The van der Waals surface area contributed by atoms with E-state index in [1.807, 2.05) is 0 Å². The van der Waals surface area contributed by atoms with Crippen molar-refractivity contribution < 1.29 is 58.9 Å². The SMILES string of the molecule is O=C(CNC(=O)c1nc2ccc(OCC(F)(F)C(F)(F)C(F)(F)C(F)F)cc2cc1OCc1ccccc1)OCc1ccccc1. The Morgan fingerprint density at radius 2 is 1.39 bits per heavy atom. The van der Waals surface area contributed by atoms with E-state index in [9.17, 15) is 44.7 Å². The van der Waals surface area contributed by atoms with Gasteiger partial charge >= 0.3 is 30.2 Å². The fourth-order valence-electron chi connectivity index (χ4n) is 3.90. The molecule has 0 radical (unpaired) electrons. The molecule has 0 saturated heterocycles. The van der Waals surface area contributed by atoms with Crippen molar-refractivity contribution in [3.8, 4) is 11.5 Å². The van der Waals surface area contributed by atoms with Gasteiger partial charge in [0.25, 0.3) is 5.91 Å².